The van der Waals surface area contributed by atoms with Crippen LogP contribution in [-0.4, -0.2) is 21.8 Å². The summed E-state index contributed by atoms with van der Waals surface area (Å²) in [5, 5.41) is 22.3. The molecule has 3 fully saturated rings. The highest BCUT2D eigenvalue weighted by Crippen LogP contribution is 2.63. The van der Waals surface area contributed by atoms with E-state index in [0.717, 1.165) is 32.1 Å². The topological polar surface area (TPSA) is 69.9 Å². The maximum Gasteiger partial charge on any atom is 0.186 e. The number of Topliss-reactive ketones (excluding diaryl/α,β-unsaturated/α-hetero) is 1. The summed E-state index contributed by atoms with van der Waals surface area (Å²) < 4.78 is 0. The van der Waals surface area contributed by atoms with Crippen LogP contribution in [0.1, 0.15) is 52.4 Å². The van der Waals surface area contributed by atoms with E-state index in [-0.39, 0.29) is 16.6 Å². The highest BCUT2D eigenvalue weighted by atomic mass is 16.4. The van der Waals surface area contributed by atoms with E-state index in [0.29, 0.717) is 35.6 Å². The lowest BCUT2D eigenvalue weighted by atomic mass is 9.48. The van der Waals surface area contributed by atoms with Gasteiger partial charge in [-0.05, 0) is 67.4 Å². The maximum absolute atomic E-state index is 12.6. The van der Waals surface area contributed by atoms with Gasteiger partial charge in [-0.2, -0.15) is 0 Å². The van der Waals surface area contributed by atoms with Gasteiger partial charge in [0.15, 0.2) is 5.78 Å². The van der Waals surface area contributed by atoms with Crippen LogP contribution < -0.4 is 0 Å². The maximum atomic E-state index is 12.6. The minimum absolute atomic E-state index is 0.0659. The molecule has 5 atom stereocenters. The molecule has 4 aliphatic rings. The number of ketones is 1. The average molecular weight is 315 g/mol. The zero-order valence-electron chi connectivity index (χ0n) is 13.9. The van der Waals surface area contributed by atoms with Crippen LogP contribution in [0.5, 0.6) is 0 Å². The van der Waals surface area contributed by atoms with Crippen LogP contribution in [0.15, 0.2) is 28.6 Å². The number of hydrogen-bond donors (Lipinski definition) is 2. The summed E-state index contributed by atoms with van der Waals surface area (Å²) in [7, 11) is 0. The molecule has 0 bridgehead atoms. The fourth-order valence-electron chi connectivity index (χ4n) is 6.10. The number of nitrogens with zero attached hydrogens (tertiary/aromatic N) is 1. The number of aliphatic hydroxyl groups is 1. The second-order valence-electron chi connectivity index (χ2n) is 8.37. The monoisotopic (exact) mass is 315 g/mol. The molecule has 4 heteroatoms. The molecule has 0 aromatic carbocycles. The van der Waals surface area contributed by atoms with E-state index in [2.05, 4.69) is 19.0 Å². The van der Waals surface area contributed by atoms with Crippen molar-refractivity contribution in [1.82, 2.24) is 0 Å². The molecule has 2 N–H and O–H groups in total. The molecule has 0 amide bonds. The van der Waals surface area contributed by atoms with Crippen molar-refractivity contribution in [3.05, 3.63) is 23.5 Å². The number of aliphatic hydroxyl groups excluding tert-OH is 1. The Kier molecular flexibility index (Phi) is 3.07. The first-order valence-electron chi connectivity index (χ1n) is 8.76. The van der Waals surface area contributed by atoms with Crippen molar-refractivity contribution in [2.24, 2.45) is 33.7 Å². The summed E-state index contributed by atoms with van der Waals surface area (Å²) in [6.07, 6.45) is 9.44. The molecule has 0 aromatic heterocycles. The second kappa shape index (κ2) is 4.71. The molecule has 0 heterocycles. The summed E-state index contributed by atoms with van der Waals surface area (Å²) in [4.78, 5) is 12.6. The van der Waals surface area contributed by atoms with Gasteiger partial charge in [0.05, 0.1) is 0 Å². The predicted molar refractivity (Wildman–Crippen MR) is 87.4 cm³/mol. The van der Waals surface area contributed by atoms with Gasteiger partial charge in [0.1, 0.15) is 11.5 Å². The number of rotatable bonds is 0. The van der Waals surface area contributed by atoms with Gasteiger partial charge in [0.25, 0.3) is 0 Å². The molecular weight excluding hydrogens is 290 g/mol. The van der Waals surface area contributed by atoms with Crippen LogP contribution in [-0.2, 0) is 4.79 Å². The molecule has 3 saturated carbocycles. The van der Waals surface area contributed by atoms with Gasteiger partial charge >= 0.3 is 0 Å². The molecule has 0 saturated heterocycles. The SMILES string of the molecule is CC12CC=C(O)C=C1CCC1C2CC[C@]2(C)C(=O)/C(=N\O)CC12. The molecule has 0 spiro atoms. The van der Waals surface area contributed by atoms with Gasteiger partial charge in [0, 0.05) is 11.8 Å². The first-order valence-corrected chi connectivity index (χ1v) is 8.76. The van der Waals surface area contributed by atoms with Crippen molar-refractivity contribution in [2.45, 2.75) is 52.4 Å². The summed E-state index contributed by atoms with van der Waals surface area (Å²) in [5.74, 6) is 1.83. The molecule has 124 valence electrons. The van der Waals surface area contributed by atoms with E-state index in [9.17, 15) is 15.1 Å². The Balaban J connectivity index is 1.71. The fraction of sp³-hybridized carbons (Fsp3) is 0.684. The molecule has 23 heavy (non-hydrogen) atoms. The Bertz CT molecular complexity index is 662. The minimum atomic E-state index is -0.340. The number of fused-ring (bicyclic) bond motifs is 5. The molecular formula is C19H25NO3. The zero-order chi connectivity index (χ0) is 16.4. The smallest absolute Gasteiger partial charge is 0.186 e. The van der Waals surface area contributed by atoms with Crippen LogP contribution in [0.25, 0.3) is 0 Å². The predicted octanol–water partition coefficient (Wildman–Crippen LogP) is 4.01. The summed E-state index contributed by atoms with van der Waals surface area (Å²) >= 11 is 0. The van der Waals surface area contributed by atoms with Crippen molar-refractivity contribution in [3.63, 3.8) is 0 Å². The Morgan fingerprint density at radius 3 is 2.74 bits per heavy atom. The fourth-order valence-corrected chi connectivity index (χ4v) is 6.10. The third-order valence-corrected chi connectivity index (χ3v) is 7.50. The van der Waals surface area contributed by atoms with Gasteiger partial charge in [-0.3, -0.25) is 4.79 Å². The molecule has 0 radical (unpaired) electrons. The second-order valence-corrected chi connectivity index (χ2v) is 8.37. The number of oxime groups is 1. The zero-order valence-corrected chi connectivity index (χ0v) is 13.9. The third-order valence-electron chi connectivity index (χ3n) is 7.50. The lowest BCUT2D eigenvalue weighted by molar-refractivity contribution is -0.128. The van der Waals surface area contributed by atoms with E-state index < -0.39 is 0 Å². The quantitative estimate of drug-likeness (QED) is 0.524. The normalized spacial score (nSPS) is 47.5. The summed E-state index contributed by atoms with van der Waals surface area (Å²) in [5.41, 5.74) is 1.53. The Labute approximate surface area is 137 Å². The Morgan fingerprint density at radius 2 is 2.00 bits per heavy atom. The van der Waals surface area contributed by atoms with Crippen LogP contribution in [0.3, 0.4) is 0 Å². The lowest BCUT2D eigenvalue weighted by Gasteiger charge is -2.56. The Hall–Kier alpha value is -1.58. The van der Waals surface area contributed by atoms with Crippen LogP contribution >= 0.6 is 0 Å². The van der Waals surface area contributed by atoms with E-state index in [4.69, 9.17) is 0 Å². The number of hydrogen-bond acceptors (Lipinski definition) is 4. The van der Waals surface area contributed by atoms with Crippen molar-refractivity contribution in [2.75, 3.05) is 0 Å². The van der Waals surface area contributed by atoms with E-state index in [1.54, 1.807) is 0 Å². The average Bonchev–Trinajstić information content (AvgIpc) is 2.79. The minimum Gasteiger partial charge on any atom is -0.508 e. The molecule has 0 aromatic rings. The van der Waals surface area contributed by atoms with Gasteiger partial charge < -0.3 is 10.3 Å². The van der Waals surface area contributed by atoms with Crippen molar-refractivity contribution in [1.29, 1.82) is 0 Å². The van der Waals surface area contributed by atoms with Crippen molar-refractivity contribution in [3.8, 4) is 0 Å². The molecule has 4 rings (SSSR count). The summed E-state index contributed by atoms with van der Waals surface area (Å²) in [6.45, 7) is 4.41. The molecule has 4 unspecified atom stereocenters. The lowest BCUT2D eigenvalue weighted by Crippen LogP contribution is -2.50. The first kappa shape index (κ1) is 15.0. The van der Waals surface area contributed by atoms with Crippen LogP contribution in [0.4, 0.5) is 0 Å². The van der Waals surface area contributed by atoms with Crippen LogP contribution in [0.2, 0.25) is 0 Å². The van der Waals surface area contributed by atoms with E-state index in [1.165, 1.54) is 5.57 Å². The first-order chi connectivity index (χ1) is 10.9. The standard InChI is InChI=1S/C19H25NO3/c1-18-7-5-12(21)9-11(18)3-4-13-14(18)6-8-19(2)15(13)10-16(20-23)17(19)22/h5,9,13-15,21,23H,3-4,6-8,10H2,1-2H3/b20-16-/t13?,14?,15?,18?,19-/m0/s1. The van der Waals surface area contributed by atoms with Gasteiger partial charge in [-0.25, -0.2) is 0 Å². The number of carbonyl (C=O) groups is 1. The van der Waals surface area contributed by atoms with Crippen molar-refractivity contribution < 1.29 is 15.1 Å². The van der Waals surface area contributed by atoms with Gasteiger partial charge in [-0.15, -0.1) is 0 Å². The van der Waals surface area contributed by atoms with Crippen LogP contribution in [0, 0.1) is 28.6 Å². The third kappa shape index (κ3) is 1.84. The Morgan fingerprint density at radius 1 is 1.22 bits per heavy atom. The molecule has 0 aliphatic heterocycles. The van der Waals surface area contributed by atoms with Gasteiger partial charge in [0.2, 0.25) is 0 Å². The highest BCUT2D eigenvalue weighted by Gasteiger charge is 2.60. The van der Waals surface area contributed by atoms with E-state index in [1.807, 2.05) is 12.2 Å². The van der Waals surface area contributed by atoms with Crippen molar-refractivity contribution >= 4 is 11.5 Å². The number of carbonyl (C=O) groups excluding carboxylic acids is 1. The van der Waals surface area contributed by atoms with Gasteiger partial charge in [-0.1, -0.05) is 24.6 Å². The molecule has 4 nitrogen and oxygen atoms in total. The largest absolute Gasteiger partial charge is 0.508 e. The van der Waals surface area contributed by atoms with E-state index >= 15 is 0 Å². The number of allylic oxidation sites excluding steroid dienone is 3. The molecule has 4 aliphatic carbocycles. The summed E-state index contributed by atoms with van der Waals surface area (Å²) in [6, 6.07) is 0. The highest BCUT2D eigenvalue weighted by molar-refractivity contribution is 6.43.